The van der Waals surface area contributed by atoms with Crippen molar-refractivity contribution in [2.45, 2.75) is 12.9 Å². The van der Waals surface area contributed by atoms with Gasteiger partial charge in [0.25, 0.3) is 0 Å². The van der Waals surface area contributed by atoms with Crippen LogP contribution in [-0.2, 0) is 6.54 Å². The summed E-state index contributed by atoms with van der Waals surface area (Å²) in [6.07, 6.45) is -1.52. The average Bonchev–Trinajstić information content (AvgIpc) is 3.11. The largest absolute Gasteiger partial charge is 0.573 e. The van der Waals surface area contributed by atoms with Crippen molar-refractivity contribution in [3.8, 4) is 16.9 Å². The molecule has 0 aliphatic rings. The number of anilines is 1. The summed E-state index contributed by atoms with van der Waals surface area (Å²) >= 11 is 1.44. The van der Waals surface area contributed by atoms with Gasteiger partial charge in [-0.15, -0.1) is 24.5 Å². The van der Waals surface area contributed by atoms with Crippen LogP contribution in [-0.4, -0.2) is 21.3 Å². The SMILES string of the molecule is FC(F)(F)Oc1ccc(-c2csc3ncnc(NCc4ccccn4)c23)cc1. The number of alkyl halides is 3. The molecule has 0 atom stereocenters. The van der Waals surface area contributed by atoms with Crippen LogP contribution in [0.25, 0.3) is 21.3 Å². The van der Waals surface area contributed by atoms with Gasteiger partial charge in [-0.25, -0.2) is 9.97 Å². The lowest BCUT2D eigenvalue weighted by Gasteiger charge is -2.10. The van der Waals surface area contributed by atoms with E-state index in [0.29, 0.717) is 12.4 Å². The predicted molar refractivity (Wildman–Crippen MR) is 101 cm³/mol. The molecule has 3 aromatic heterocycles. The fourth-order valence-electron chi connectivity index (χ4n) is 2.73. The first-order chi connectivity index (χ1) is 13.5. The van der Waals surface area contributed by atoms with Gasteiger partial charge in [0.05, 0.1) is 17.6 Å². The molecule has 142 valence electrons. The molecule has 0 unspecified atom stereocenters. The number of hydrogen-bond acceptors (Lipinski definition) is 6. The Morgan fingerprint density at radius 1 is 1.00 bits per heavy atom. The van der Waals surface area contributed by atoms with Crippen LogP contribution in [0.2, 0.25) is 0 Å². The van der Waals surface area contributed by atoms with Crippen molar-refractivity contribution >= 4 is 27.4 Å². The summed E-state index contributed by atoms with van der Waals surface area (Å²) in [4.78, 5) is 13.7. The lowest BCUT2D eigenvalue weighted by molar-refractivity contribution is -0.274. The number of hydrogen-bond donors (Lipinski definition) is 1. The fraction of sp³-hybridized carbons (Fsp3) is 0.105. The number of nitrogens with zero attached hydrogens (tertiary/aromatic N) is 3. The molecule has 0 aliphatic heterocycles. The molecule has 5 nitrogen and oxygen atoms in total. The van der Waals surface area contributed by atoms with Crippen molar-refractivity contribution in [2.75, 3.05) is 5.32 Å². The maximum Gasteiger partial charge on any atom is 0.573 e. The lowest BCUT2D eigenvalue weighted by atomic mass is 10.1. The molecule has 28 heavy (non-hydrogen) atoms. The molecule has 0 saturated carbocycles. The monoisotopic (exact) mass is 402 g/mol. The maximum absolute atomic E-state index is 12.4. The molecule has 0 amide bonds. The average molecular weight is 402 g/mol. The number of aromatic nitrogens is 3. The van der Waals surface area contributed by atoms with E-state index in [0.717, 1.165) is 27.0 Å². The summed E-state index contributed by atoms with van der Waals surface area (Å²) < 4.78 is 41.0. The number of ether oxygens (including phenoxy) is 1. The minimum Gasteiger partial charge on any atom is -0.406 e. The summed E-state index contributed by atoms with van der Waals surface area (Å²) in [5, 5.41) is 5.98. The standard InChI is InChI=1S/C19H13F3N4OS/c20-19(21,22)27-14-6-4-12(5-7-14)15-10-28-18-16(15)17(25-11-26-18)24-9-13-3-1-2-8-23-13/h1-8,10-11H,9H2,(H,24,25,26). The number of pyridine rings is 1. The van der Waals surface area contributed by atoms with E-state index in [2.05, 4.69) is 25.0 Å². The molecule has 4 aromatic rings. The molecule has 9 heteroatoms. The highest BCUT2D eigenvalue weighted by molar-refractivity contribution is 7.17. The molecule has 0 radical (unpaired) electrons. The molecule has 1 aromatic carbocycles. The van der Waals surface area contributed by atoms with Crippen LogP contribution >= 0.6 is 11.3 Å². The van der Waals surface area contributed by atoms with Crippen LogP contribution in [0.15, 0.2) is 60.4 Å². The highest BCUT2D eigenvalue weighted by Gasteiger charge is 2.31. The summed E-state index contributed by atoms with van der Waals surface area (Å²) in [5.41, 5.74) is 2.44. The van der Waals surface area contributed by atoms with Gasteiger partial charge in [0.2, 0.25) is 0 Å². The number of rotatable bonds is 5. The van der Waals surface area contributed by atoms with Crippen molar-refractivity contribution < 1.29 is 17.9 Å². The van der Waals surface area contributed by atoms with E-state index >= 15 is 0 Å². The summed E-state index contributed by atoms with van der Waals surface area (Å²) in [7, 11) is 0. The Bertz CT molecular complexity index is 1080. The minimum absolute atomic E-state index is 0.263. The third-order valence-electron chi connectivity index (χ3n) is 3.93. The first kappa shape index (κ1) is 18.2. The van der Waals surface area contributed by atoms with Crippen molar-refractivity contribution in [1.82, 2.24) is 15.0 Å². The predicted octanol–water partition coefficient (Wildman–Crippen LogP) is 5.26. The molecule has 0 spiro atoms. The molecule has 0 bridgehead atoms. The van der Waals surface area contributed by atoms with Gasteiger partial charge in [-0.05, 0) is 29.8 Å². The second kappa shape index (κ2) is 7.43. The lowest BCUT2D eigenvalue weighted by Crippen LogP contribution is -2.16. The maximum atomic E-state index is 12.4. The quantitative estimate of drug-likeness (QED) is 0.493. The van der Waals surface area contributed by atoms with Crippen LogP contribution < -0.4 is 10.1 Å². The topological polar surface area (TPSA) is 59.9 Å². The third kappa shape index (κ3) is 4.04. The summed E-state index contributed by atoms with van der Waals surface area (Å²) in [5.74, 6) is 0.378. The van der Waals surface area contributed by atoms with Gasteiger partial charge in [0.15, 0.2) is 0 Å². The molecular formula is C19H13F3N4OS. The van der Waals surface area contributed by atoms with Crippen LogP contribution in [0.1, 0.15) is 5.69 Å². The molecule has 0 aliphatic carbocycles. The van der Waals surface area contributed by atoms with Gasteiger partial charge in [-0.3, -0.25) is 4.98 Å². The first-order valence-electron chi connectivity index (χ1n) is 8.22. The van der Waals surface area contributed by atoms with E-state index in [4.69, 9.17) is 0 Å². The van der Waals surface area contributed by atoms with Crippen molar-refractivity contribution in [1.29, 1.82) is 0 Å². The van der Waals surface area contributed by atoms with E-state index in [1.165, 1.54) is 29.8 Å². The van der Waals surface area contributed by atoms with Gasteiger partial charge in [-0.1, -0.05) is 18.2 Å². The number of thiophene rings is 1. The van der Waals surface area contributed by atoms with E-state index in [1.807, 2.05) is 23.6 Å². The smallest absolute Gasteiger partial charge is 0.406 e. The van der Waals surface area contributed by atoms with E-state index in [-0.39, 0.29) is 5.75 Å². The molecule has 0 saturated heterocycles. The Balaban J connectivity index is 1.64. The molecule has 1 N–H and O–H groups in total. The van der Waals surface area contributed by atoms with Crippen LogP contribution in [0, 0.1) is 0 Å². The van der Waals surface area contributed by atoms with Gasteiger partial charge in [-0.2, -0.15) is 0 Å². The summed E-state index contributed by atoms with van der Waals surface area (Å²) in [6.45, 7) is 0.487. The number of halogens is 3. The molecule has 0 fully saturated rings. The Morgan fingerprint density at radius 2 is 1.82 bits per heavy atom. The Kier molecular flexibility index (Phi) is 4.82. The van der Waals surface area contributed by atoms with Crippen LogP contribution in [0.4, 0.5) is 19.0 Å². The first-order valence-corrected chi connectivity index (χ1v) is 9.10. The highest BCUT2D eigenvalue weighted by Crippen LogP contribution is 2.37. The van der Waals surface area contributed by atoms with E-state index < -0.39 is 6.36 Å². The van der Waals surface area contributed by atoms with Gasteiger partial charge >= 0.3 is 6.36 Å². The zero-order chi connectivity index (χ0) is 19.6. The second-order valence-corrected chi connectivity index (χ2v) is 6.66. The van der Waals surface area contributed by atoms with Crippen LogP contribution in [0.3, 0.4) is 0 Å². The normalized spacial score (nSPS) is 11.5. The molecule has 3 heterocycles. The highest BCUT2D eigenvalue weighted by atomic mass is 32.1. The van der Waals surface area contributed by atoms with E-state index in [9.17, 15) is 13.2 Å². The Labute approximate surface area is 161 Å². The Hall–Kier alpha value is -3.20. The fourth-order valence-corrected chi connectivity index (χ4v) is 3.65. The Morgan fingerprint density at radius 3 is 2.54 bits per heavy atom. The zero-order valence-electron chi connectivity index (χ0n) is 14.3. The summed E-state index contributed by atoms with van der Waals surface area (Å²) in [6, 6.07) is 11.4. The van der Waals surface area contributed by atoms with Crippen molar-refractivity contribution in [2.24, 2.45) is 0 Å². The number of fused-ring (bicyclic) bond motifs is 1. The number of nitrogens with one attached hydrogen (secondary N) is 1. The zero-order valence-corrected chi connectivity index (χ0v) is 15.1. The second-order valence-electron chi connectivity index (χ2n) is 5.80. The van der Waals surface area contributed by atoms with E-state index in [1.54, 1.807) is 18.3 Å². The van der Waals surface area contributed by atoms with Gasteiger partial charge < -0.3 is 10.1 Å². The number of benzene rings is 1. The van der Waals surface area contributed by atoms with Crippen LogP contribution in [0.5, 0.6) is 5.75 Å². The third-order valence-corrected chi connectivity index (χ3v) is 4.82. The van der Waals surface area contributed by atoms with Gasteiger partial charge in [0, 0.05) is 17.1 Å². The van der Waals surface area contributed by atoms with Gasteiger partial charge in [0.1, 0.15) is 22.7 Å². The van der Waals surface area contributed by atoms with Crippen molar-refractivity contribution in [3.05, 3.63) is 66.1 Å². The van der Waals surface area contributed by atoms with Crippen molar-refractivity contribution in [3.63, 3.8) is 0 Å². The minimum atomic E-state index is -4.72. The molecular weight excluding hydrogens is 389 g/mol. The molecule has 4 rings (SSSR count).